The highest BCUT2D eigenvalue weighted by molar-refractivity contribution is 9.10. The summed E-state index contributed by atoms with van der Waals surface area (Å²) in [6.07, 6.45) is 1.39. The topological polar surface area (TPSA) is 50.2 Å². The molecule has 1 unspecified atom stereocenters. The van der Waals surface area contributed by atoms with E-state index in [-0.39, 0.29) is 12.1 Å². The van der Waals surface area contributed by atoms with Crippen molar-refractivity contribution in [1.82, 2.24) is 4.98 Å². The zero-order valence-corrected chi connectivity index (χ0v) is 11.8. The molecule has 1 aromatic carbocycles. The standard InChI is InChI=1S/C14H10BrF2NO2/c15-9-6-12(17)13(18-7-9)11(14(19)20)5-8-1-3-10(16)4-2-8/h1-4,6-7,11H,5H2,(H,19,20). The second-order valence-corrected chi connectivity index (χ2v) is 5.16. The van der Waals surface area contributed by atoms with Crippen molar-refractivity contribution in [3.8, 4) is 0 Å². The second kappa shape index (κ2) is 6.09. The van der Waals surface area contributed by atoms with Crippen molar-refractivity contribution in [1.29, 1.82) is 0 Å². The third kappa shape index (κ3) is 3.39. The van der Waals surface area contributed by atoms with Crippen molar-refractivity contribution in [2.75, 3.05) is 0 Å². The molecule has 1 atom stereocenters. The van der Waals surface area contributed by atoms with Crippen LogP contribution in [0.2, 0.25) is 0 Å². The SMILES string of the molecule is O=C(O)C(Cc1ccc(F)cc1)c1ncc(Br)cc1F. The van der Waals surface area contributed by atoms with Gasteiger partial charge in [0.1, 0.15) is 17.6 Å². The van der Waals surface area contributed by atoms with Gasteiger partial charge in [0.25, 0.3) is 0 Å². The monoisotopic (exact) mass is 341 g/mol. The smallest absolute Gasteiger partial charge is 0.313 e. The number of hydrogen-bond acceptors (Lipinski definition) is 2. The van der Waals surface area contributed by atoms with Gasteiger partial charge in [-0.15, -0.1) is 0 Å². The first-order valence-electron chi connectivity index (χ1n) is 5.75. The molecule has 0 amide bonds. The minimum Gasteiger partial charge on any atom is -0.481 e. The number of hydrogen-bond donors (Lipinski definition) is 1. The molecule has 0 bridgehead atoms. The largest absolute Gasteiger partial charge is 0.481 e. The average Bonchev–Trinajstić information content (AvgIpc) is 2.39. The Kier molecular flexibility index (Phi) is 4.44. The Morgan fingerprint density at radius 2 is 1.95 bits per heavy atom. The molecule has 20 heavy (non-hydrogen) atoms. The Bertz CT molecular complexity index is 632. The summed E-state index contributed by atoms with van der Waals surface area (Å²) >= 11 is 3.07. The fraction of sp³-hybridized carbons (Fsp3) is 0.143. The van der Waals surface area contributed by atoms with Crippen molar-refractivity contribution in [2.45, 2.75) is 12.3 Å². The molecule has 0 aliphatic carbocycles. The van der Waals surface area contributed by atoms with Gasteiger partial charge in [0.15, 0.2) is 0 Å². The van der Waals surface area contributed by atoms with E-state index in [0.29, 0.717) is 10.0 Å². The van der Waals surface area contributed by atoms with Crippen molar-refractivity contribution in [3.63, 3.8) is 0 Å². The van der Waals surface area contributed by atoms with Gasteiger partial charge in [0.2, 0.25) is 0 Å². The van der Waals surface area contributed by atoms with Crippen LogP contribution in [0.5, 0.6) is 0 Å². The minimum atomic E-state index is -1.18. The van der Waals surface area contributed by atoms with Crippen LogP contribution in [0.15, 0.2) is 41.0 Å². The molecular formula is C14H10BrF2NO2. The molecule has 1 N–H and O–H groups in total. The van der Waals surface area contributed by atoms with Gasteiger partial charge >= 0.3 is 5.97 Å². The van der Waals surface area contributed by atoms with Crippen LogP contribution in [0, 0.1) is 11.6 Å². The number of halogens is 3. The lowest BCUT2D eigenvalue weighted by atomic mass is 9.95. The fourth-order valence-electron chi connectivity index (χ4n) is 1.84. The first-order valence-corrected chi connectivity index (χ1v) is 6.55. The van der Waals surface area contributed by atoms with E-state index in [1.54, 1.807) is 0 Å². The lowest BCUT2D eigenvalue weighted by Gasteiger charge is -2.13. The summed E-state index contributed by atoms with van der Waals surface area (Å²) in [6, 6.07) is 6.59. The van der Waals surface area contributed by atoms with E-state index in [4.69, 9.17) is 0 Å². The molecule has 0 saturated heterocycles. The highest BCUT2D eigenvalue weighted by Gasteiger charge is 2.25. The van der Waals surface area contributed by atoms with Crippen LogP contribution in [0.1, 0.15) is 17.2 Å². The van der Waals surface area contributed by atoms with E-state index in [9.17, 15) is 18.7 Å². The number of carbonyl (C=O) groups is 1. The van der Waals surface area contributed by atoms with Gasteiger partial charge < -0.3 is 5.11 Å². The summed E-state index contributed by atoms with van der Waals surface area (Å²) in [5.41, 5.74) is 0.466. The Morgan fingerprint density at radius 1 is 1.30 bits per heavy atom. The predicted octanol–water partition coefficient (Wildman–Crippen LogP) is 3.53. The normalized spacial score (nSPS) is 12.2. The van der Waals surface area contributed by atoms with E-state index in [1.807, 2.05) is 0 Å². The number of aromatic nitrogens is 1. The third-order valence-electron chi connectivity index (χ3n) is 2.82. The van der Waals surface area contributed by atoms with Crippen LogP contribution < -0.4 is 0 Å². The van der Waals surface area contributed by atoms with Crippen LogP contribution >= 0.6 is 15.9 Å². The van der Waals surface area contributed by atoms with Gasteiger partial charge in [-0.3, -0.25) is 9.78 Å². The molecule has 0 aliphatic heterocycles. The van der Waals surface area contributed by atoms with E-state index in [2.05, 4.69) is 20.9 Å². The number of carboxylic acid groups (broad SMARTS) is 1. The number of carboxylic acids is 1. The lowest BCUT2D eigenvalue weighted by Crippen LogP contribution is -2.17. The molecule has 1 heterocycles. The summed E-state index contributed by atoms with van der Waals surface area (Å²) in [4.78, 5) is 15.2. The quantitative estimate of drug-likeness (QED) is 0.925. The minimum absolute atomic E-state index is 0.0428. The first-order chi connectivity index (χ1) is 9.47. The van der Waals surface area contributed by atoms with Gasteiger partial charge in [-0.2, -0.15) is 0 Å². The molecule has 0 radical (unpaired) electrons. The molecule has 0 spiro atoms. The van der Waals surface area contributed by atoms with Gasteiger partial charge in [-0.1, -0.05) is 12.1 Å². The van der Waals surface area contributed by atoms with Crippen LogP contribution in [0.4, 0.5) is 8.78 Å². The van der Waals surface area contributed by atoms with Gasteiger partial charge in [-0.05, 0) is 46.1 Å². The summed E-state index contributed by atoms with van der Waals surface area (Å²) in [5, 5.41) is 9.24. The molecule has 0 aliphatic rings. The zero-order chi connectivity index (χ0) is 14.7. The van der Waals surface area contributed by atoms with E-state index in [1.165, 1.54) is 36.5 Å². The summed E-state index contributed by atoms with van der Waals surface area (Å²) < 4.78 is 27.1. The summed E-state index contributed by atoms with van der Waals surface area (Å²) in [7, 11) is 0. The molecule has 6 heteroatoms. The molecule has 0 saturated carbocycles. The average molecular weight is 342 g/mol. The van der Waals surface area contributed by atoms with Crippen molar-refractivity contribution >= 4 is 21.9 Å². The third-order valence-corrected chi connectivity index (χ3v) is 3.25. The molecule has 2 rings (SSSR count). The Hall–Kier alpha value is -1.82. The van der Waals surface area contributed by atoms with Crippen LogP contribution in [0.3, 0.4) is 0 Å². The number of rotatable bonds is 4. The zero-order valence-electron chi connectivity index (χ0n) is 10.2. The number of benzene rings is 1. The molecule has 104 valence electrons. The van der Waals surface area contributed by atoms with E-state index < -0.39 is 23.5 Å². The van der Waals surface area contributed by atoms with Crippen molar-refractivity contribution in [2.24, 2.45) is 0 Å². The number of nitrogens with zero attached hydrogens (tertiary/aromatic N) is 1. The summed E-state index contributed by atoms with van der Waals surface area (Å²) in [5.74, 6) is -3.39. The van der Waals surface area contributed by atoms with Crippen LogP contribution in [-0.4, -0.2) is 16.1 Å². The molecule has 2 aromatic rings. The maximum absolute atomic E-state index is 13.8. The van der Waals surface area contributed by atoms with Crippen molar-refractivity contribution < 1.29 is 18.7 Å². The highest BCUT2D eigenvalue weighted by atomic mass is 79.9. The maximum atomic E-state index is 13.8. The van der Waals surface area contributed by atoms with Crippen LogP contribution in [-0.2, 0) is 11.2 Å². The van der Waals surface area contributed by atoms with Gasteiger partial charge in [0.05, 0.1) is 5.69 Å². The molecule has 1 aromatic heterocycles. The van der Waals surface area contributed by atoms with Crippen molar-refractivity contribution in [3.05, 3.63) is 63.9 Å². The molecule has 3 nitrogen and oxygen atoms in total. The highest BCUT2D eigenvalue weighted by Crippen LogP contribution is 2.24. The van der Waals surface area contributed by atoms with Gasteiger partial charge in [0, 0.05) is 10.7 Å². The summed E-state index contributed by atoms with van der Waals surface area (Å²) in [6.45, 7) is 0. The van der Waals surface area contributed by atoms with Crippen LogP contribution in [0.25, 0.3) is 0 Å². The lowest BCUT2D eigenvalue weighted by molar-refractivity contribution is -0.138. The van der Waals surface area contributed by atoms with E-state index in [0.717, 1.165) is 0 Å². The van der Waals surface area contributed by atoms with E-state index >= 15 is 0 Å². The second-order valence-electron chi connectivity index (χ2n) is 4.24. The molecule has 0 fully saturated rings. The number of pyridine rings is 1. The predicted molar refractivity (Wildman–Crippen MR) is 72.4 cm³/mol. The number of aliphatic carboxylic acids is 1. The fourth-order valence-corrected chi connectivity index (χ4v) is 2.14. The Balaban J connectivity index is 2.31. The Labute approximate surface area is 122 Å². The first kappa shape index (κ1) is 14.6. The Morgan fingerprint density at radius 3 is 2.50 bits per heavy atom. The molecular weight excluding hydrogens is 332 g/mol. The maximum Gasteiger partial charge on any atom is 0.313 e. The van der Waals surface area contributed by atoms with Gasteiger partial charge in [-0.25, -0.2) is 8.78 Å².